The Kier molecular flexibility index (Phi) is 4.04. The Morgan fingerprint density at radius 1 is 1.44 bits per heavy atom. The lowest BCUT2D eigenvalue weighted by Gasteiger charge is -2.17. The molecule has 0 saturated carbocycles. The van der Waals surface area contributed by atoms with Gasteiger partial charge in [0, 0.05) is 23.6 Å². The second kappa shape index (κ2) is 5.09. The number of benzene rings is 1. The molecular weight excluding hydrogens is 340 g/mol. The Hall–Kier alpha value is -0.140. The normalized spacial score (nSPS) is 25.6. The van der Waals surface area contributed by atoms with Crippen molar-refractivity contribution in [3.8, 4) is 0 Å². The molecule has 1 aliphatic heterocycles. The third kappa shape index (κ3) is 2.58. The van der Waals surface area contributed by atoms with Gasteiger partial charge in [-0.3, -0.25) is 0 Å². The lowest BCUT2D eigenvalue weighted by atomic mass is 10.1. The monoisotopic (exact) mass is 352 g/mol. The van der Waals surface area contributed by atoms with Crippen molar-refractivity contribution in [3.63, 3.8) is 0 Å². The van der Waals surface area contributed by atoms with Crippen molar-refractivity contribution in [3.05, 3.63) is 27.7 Å². The van der Waals surface area contributed by atoms with Gasteiger partial charge in [0.2, 0.25) is 10.0 Å². The molecule has 18 heavy (non-hydrogen) atoms. The van der Waals surface area contributed by atoms with Crippen LogP contribution in [0, 0.1) is 5.92 Å². The van der Waals surface area contributed by atoms with Crippen molar-refractivity contribution < 1.29 is 8.42 Å². The van der Waals surface area contributed by atoms with Gasteiger partial charge in [0.1, 0.15) is 4.90 Å². The summed E-state index contributed by atoms with van der Waals surface area (Å²) in [6.45, 7) is 2.73. The summed E-state index contributed by atoms with van der Waals surface area (Å²) in [6, 6.07) is 4.64. The van der Waals surface area contributed by atoms with Gasteiger partial charge in [-0.05, 0) is 24.1 Å². The van der Waals surface area contributed by atoms with Gasteiger partial charge in [-0.2, -0.15) is 4.31 Å². The summed E-state index contributed by atoms with van der Waals surface area (Å²) in [4.78, 5) is 0.133. The summed E-state index contributed by atoms with van der Waals surface area (Å²) in [5, 5.41) is 0.220. The SMILES string of the molecule is CC1CN(S(=O)(=O)c2ccc(Br)cc2Cl)CC1N. The summed E-state index contributed by atoms with van der Waals surface area (Å²) in [5.41, 5.74) is 5.86. The zero-order chi connectivity index (χ0) is 13.5. The molecule has 0 aromatic heterocycles. The fraction of sp³-hybridized carbons (Fsp3) is 0.455. The minimum Gasteiger partial charge on any atom is -0.326 e. The van der Waals surface area contributed by atoms with Gasteiger partial charge in [0.05, 0.1) is 5.02 Å². The number of halogens is 2. The largest absolute Gasteiger partial charge is 0.326 e. The zero-order valence-electron chi connectivity index (χ0n) is 9.81. The maximum Gasteiger partial charge on any atom is 0.244 e. The number of rotatable bonds is 2. The second-order valence-electron chi connectivity index (χ2n) is 4.54. The van der Waals surface area contributed by atoms with E-state index in [1.165, 1.54) is 10.4 Å². The predicted octanol–water partition coefficient (Wildman–Crippen LogP) is 2.07. The van der Waals surface area contributed by atoms with E-state index in [9.17, 15) is 8.42 Å². The van der Waals surface area contributed by atoms with E-state index in [-0.39, 0.29) is 21.9 Å². The highest BCUT2D eigenvalue weighted by Gasteiger charge is 2.36. The van der Waals surface area contributed by atoms with E-state index in [4.69, 9.17) is 17.3 Å². The minimum atomic E-state index is -3.55. The van der Waals surface area contributed by atoms with E-state index in [1.807, 2.05) is 6.92 Å². The van der Waals surface area contributed by atoms with E-state index in [0.717, 1.165) is 4.47 Å². The van der Waals surface area contributed by atoms with Crippen molar-refractivity contribution in [2.75, 3.05) is 13.1 Å². The summed E-state index contributed by atoms with van der Waals surface area (Å²) in [5.74, 6) is 0.161. The standard InChI is InChI=1S/C11H14BrClN2O2S/c1-7-5-15(6-10(7)14)18(16,17)11-3-2-8(12)4-9(11)13/h2-4,7,10H,5-6,14H2,1H3. The number of nitrogens with two attached hydrogens (primary N) is 1. The smallest absolute Gasteiger partial charge is 0.244 e. The molecule has 2 unspecified atom stereocenters. The molecule has 7 heteroatoms. The summed E-state index contributed by atoms with van der Waals surface area (Å²) < 4.78 is 27.0. The topological polar surface area (TPSA) is 63.4 Å². The third-order valence-corrected chi connectivity index (χ3v) is 5.96. The Morgan fingerprint density at radius 2 is 2.11 bits per heavy atom. The molecule has 4 nitrogen and oxygen atoms in total. The first-order chi connectivity index (χ1) is 8.32. The summed E-state index contributed by atoms with van der Waals surface area (Å²) >= 11 is 9.25. The van der Waals surface area contributed by atoms with E-state index in [1.54, 1.807) is 12.1 Å². The maximum absolute atomic E-state index is 12.4. The van der Waals surface area contributed by atoms with Gasteiger partial charge < -0.3 is 5.73 Å². The van der Waals surface area contributed by atoms with E-state index < -0.39 is 10.0 Å². The number of sulfonamides is 1. The van der Waals surface area contributed by atoms with Crippen LogP contribution >= 0.6 is 27.5 Å². The van der Waals surface area contributed by atoms with Gasteiger partial charge in [-0.15, -0.1) is 0 Å². The van der Waals surface area contributed by atoms with Crippen LogP contribution in [0.3, 0.4) is 0 Å². The Labute approximate surface area is 120 Å². The summed E-state index contributed by atoms with van der Waals surface area (Å²) in [7, 11) is -3.55. The molecule has 1 fully saturated rings. The van der Waals surface area contributed by atoms with Crippen LogP contribution in [0.2, 0.25) is 5.02 Å². The maximum atomic E-state index is 12.4. The molecule has 0 amide bonds. The number of hydrogen-bond donors (Lipinski definition) is 1. The molecule has 2 rings (SSSR count). The van der Waals surface area contributed by atoms with Crippen molar-refractivity contribution in [2.24, 2.45) is 11.7 Å². The highest BCUT2D eigenvalue weighted by Crippen LogP contribution is 2.30. The van der Waals surface area contributed by atoms with Gasteiger partial charge in [-0.1, -0.05) is 34.5 Å². The fourth-order valence-electron chi connectivity index (χ4n) is 1.97. The lowest BCUT2D eigenvalue weighted by Crippen LogP contribution is -2.32. The molecule has 0 spiro atoms. The predicted molar refractivity (Wildman–Crippen MR) is 75.1 cm³/mol. The molecule has 0 radical (unpaired) electrons. The van der Waals surface area contributed by atoms with E-state index >= 15 is 0 Å². The fourth-order valence-corrected chi connectivity index (χ4v) is 4.56. The quantitative estimate of drug-likeness (QED) is 0.885. The minimum absolute atomic E-state index is 0.117. The first kappa shape index (κ1) is 14.3. The van der Waals surface area contributed by atoms with Crippen molar-refractivity contribution in [1.29, 1.82) is 0 Å². The van der Waals surface area contributed by atoms with Gasteiger partial charge in [0.25, 0.3) is 0 Å². The molecule has 1 heterocycles. The highest BCUT2D eigenvalue weighted by atomic mass is 79.9. The van der Waals surface area contributed by atoms with Crippen LogP contribution in [0.1, 0.15) is 6.92 Å². The Bertz CT molecular complexity index is 554. The molecular formula is C11H14BrClN2O2S. The van der Waals surface area contributed by atoms with Crippen LogP contribution in [0.15, 0.2) is 27.6 Å². The average Bonchev–Trinajstić information content (AvgIpc) is 2.59. The van der Waals surface area contributed by atoms with Crippen LogP contribution < -0.4 is 5.73 Å². The summed E-state index contributed by atoms with van der Waals surface area (Å²) in [6.07, 6.45) is 0. The van der Waals surface area contributed by atoms with Crippen molar-refractivity contribution in [2.45, 2.75) is 17.9 Å². The van der Waals surface area contributed by atoms with Crippen LogP contribution in [0.25, 0.3) is 0 Å². The molecule has 0 bridgehead atoms. The van der Waals surface area contributed by atoms with E-state index in [0.29, 0.717) is 13.1 Å². The molecule has 1 aliphatic rings. The van der Waals surface area contributed by atoms with Gasteiger partial charge >= 0.3 is 0 Å². The zero-order valence-corrected chi connectivity index (χ0v) is 13.0. The number of nitrogens with zero attached hydrogens (tertiary/aromatic N) is 1. The van der Waals surface area contributed by atoms with E-state index in [2.05, 4.69) is 15.9 Å². The van der Waals surface area contributed by atoms with Crippen LogP contribution in [-0.4, -0.2) is 31.9 Å². The Balaban J connectivity index is 2.37. The molecule has 1 saturated heterocycles. The van der Waals surface area contributed by atoms with Crippen LogP contribution in [-0.2, 0) is 10.0 Å². The molecule has 0 aliphatic carbocycles. The number of hydrogen-bond acceptors (Lipinski definition) is 3. The van der Waals surface area contributed by atoms with Crippen LogP contribution in [0.4, 0.5) is 0 Å². The molecule has 1 aromatic rings. The molecule has 2 N–H and O–H groups in total. The molecule has 2 atom stereocenters. The molecule has 100 valence electrons. The van der Waals surface area contributed by atoms with Gasteiger partial charge in [-0.25, -0.2) is 8.42 Å². The van der Waals surface area contributed by atoms with Crippen LogP contribution in [0.5, 0.6) is 0 Å². The van der Waals surface area contributed by atoms with Gasteiger partial charge in [0.15, 0.2) is 0 Å². The Morgan fingerprint density at radius 3 is 2.61 bits per heavy atom. The van der Waals surface area contributed by atoms with Crippen molar-refractivity contribution >= 4 is 37.6 Å². The average molecular weight is 354 g/mol. The second-order valence-corrected chi connectivity index (χ2v) is 7.77. The molecule has 1 aromatic carbocycles. The first-order valence-electron chi connectivity index (χ1n) is 5.53. The highest BCUT2D eigenvalue weighted by molar-refractivity contribution is 9.10. The third-order valence-electron chi connectivity index (χ3n) is 3.15. The first-order valence-corrected chi connectivity index (χ1v) is 8.14. The van der Waals surface area contributed by atoms with Crippen molar-refractivity contribution in [1.82, 2.24) is 4.31 Å². The lowest BCUT2D eigenvalue weighted by molar-refractivity contribution is 0.464.